The number of carbonyl (C=O) groups is 4. The maximum absolute atomic E-state index is 11.8. The van der Waals surface area contributed by atoms with E-state index in [-0.39, 0.29) is 42.9 Å². The van der Waals surface area contributed by atoms with Crippen LogP contribution in [0.2, 0.25) is 0 Å². The van der Waals surface area contributed by atoms with Crippen LogP contribution >= 0.6 is 0 Å². The van der Waals surface area contributed by atoms with Crippen LogP contribution in [0, 0.1) is 0 Å². The Morgan fingerprint density at radius 1 is 0.511 bits per heavy atom. The second kappa shape index (κ2) is 14.7. The highest BCUT2D eigenvalue weighted by atomic mass is 16.5. The number of aliphatic carboxylic acids is 2. The zero-order chi connectivity index (χ0) is 32.4. The molecule has 4 aromatic carbocycles. The fourth-order valence-electron chi connectivity index (χ4n) is 4.42. The van der Waals surface area contributed by atoms with E-state index < -0.39 is 11.9 Å². The van der Waals surface area contributed by atoms with Gasteiger partial charge in [-0.3, -0.25) is 19.2 Å². The predicted molar refractivity (Wildman–Crippen MR) is 169 cm³/mol. The smallest absolute Gasteiger partial charge is 0.303 e. The second-order valence-electron chi connectivity index (χ2n) is 10.8. The molecule has 0 atom stereocenters. The zero-order valence-corrected chi connectivity index (χ0v) is 24.9. The molecule has 0 radical (unpaired) electrons. The van der Waals surface area contributed by atoms with Gasteiger partial charge in [0.1, 0.15) is 23.0 Å². The van der Waals surface area contributed by atoms with E-state index in [1.165, 1.54) is 0 Å². The normalized spacial score (nSPS) is 10.9. The van der Waals surface area contributed by atoms with Gasteiger partial charge in [-0.05, 0) is 83.9 Å². The monoisotopic (exact) mass is 610 g/mol. The lowest BCUT2D eigenvalue weighted by Gasteiger charge is -2.26. The fourth-order valence-corrected chi connectivity index (χ4v) is 4.42. The van der Waals surface area contributed by atoms with E-state index in [9.17, 15) is 19.2 Å². The highest BCUT2D eigenvalue weighted by Gasteiger charge is 2.23. The van der Waals surface area contributed by atoms with Gasteiger partial charge in [0.05, 0.1) is 12.8 Å². The van der Waals surface area contributed by atoms with E-state index in [1.54, 1.807) is 48.5 Å². The lowest BCUT2D eigenvalue weighted by atomic mass is 9.78. The number of benzene rings is 4. The summed E-state index contributed by atoms with van der Waals surface area (Å²) in [5.41, 5.74) is 2.98. The third-order valence-corrected chi connectivity index (χ3v) is 7.03. The van der Waals surface area contributed by atoms with Crippen LogP contribution in [0.5, 0.6) is 23.0 Å². The van der Waals surface area contributed by atoms with Gasteiger partial charge in [0.25, 0.3) is 0 Å². The summed E-state index contributed by atoms with van der Waals surface area (Å²) in [5, 5.41) is 22.7. The minimum atomic E-state index is -1.02. The number of carboxylic acids is 2. The van der Waals surface area contributed by atoms with Crippen molar-refractivity contribution in [3.05, 3.63) is 108 Å². The van der Waals surface area contributed by atoms with E-state index in [1.807, 2.05) is 48.5 Å². The summed E-state index contributed by atoms with van der Waals surface area (Å²) in [4.78, 5) is 44.9. The van der Waals surface area contributed by atoms with Crippen LogP contribution in [0.15, 0.2) is 97.1 Å². The average molecular weight is 611 g/mol. The summed E-state index contributed by atoms with van der Waals surface area (Å²) in [5.74, 6) is -0.266. The zero-order valence-electron chi connectivity index (χ0n) is 24.9. The lowest BCUT2D eigenvalue weighted by Crippen LogP contribution is -2.18. The quantitative estimate of drug-likeness (QED) is 0.117. The van der Waals surface area contributed by atoms with Gasteiger partial charge in [0, 0.05) is 29.6 Å². The standard InChI is InChI=1S/C35H34N2O8/c1-35(2,23-3-11-27(12-4-23)44-29-15-7-25(8-16-29)36-31(38)19-21-33(40)41)24-5-13-28(14-6-24)45-30-17-9-26(10-18-30)37-32(39)20-22-34(42)43/h3-18H,19-22H2,1-2H3,(H,36,38)(H,37,39)(H,40,41)(H,42,43). The number of hydrogen-bond acceptors (Lipinski definition) is 6. The lowest BCUT2D eigenvalue weighted by molar-refractivity contribution is -0.138. The minimum absolute atomic E-state index is 0.0908. The molecule has 4 aromatic rings. The first-order valence-electron chi connectivity index (χ1n) is 14.3. The van der Waals surface area contributed by atoms with E-state index in [0.717, 1.165) is 11.1 Å². The molecule has 0 unspecified atom stereocenters. The van der Waals surface area contributed by atoms with E-state index in [2.05, 4.69) is 24.5 Å². The van der Waals surface area contributed by atoms with Crippen LogP contribution in [-0.4, -0.2) is 34.0 Å². The summed E-state index contributed by atoms with van der Waals surface area (Å²) in [6, 6.07) is 29.3. The molecule has 0 aromatic heterocycles. The molecule has 10 nitrogen and oxygen atoms in total. The number of nitrogens with one attached hydrogen (secondary N) is 2. The molecule has 232 valence electrons. The first-order chi connectivity index (χ1) is 21.5. The number of hydrogen-bond donors (Lipinski definition) is 4. The van der Waals surface area contributed by atoms with Crippen LogP contribution < -0.4 is 20.1 Å². The molecule has 0 bridgehead atoms. The first-order valence-corrected chi connectivity index (χ1v) is 14.3. The molecule has 0 aliphatic rings. The highest BCUT2D eigenvalue weighted by Crippen LogP contribution is 2.35. The van der Waals surface area contributed by atoms with Gasteiger partial charge in [-0.25, -0.2) is 0 Å². The van der Waals surface area contributed by atoms with Crippen molar-refractivity contribution in [2.45, 2.75) is 44.9 Å². The molecule has 0 saturated heterocycles. The molecular formula is C35H34N2O8. The van der Waals surface area contributed by atoms with Crippen molar-refractivity contribution in [1.29, 1.82) is 0 Å². The molecule has 0 heterocycles. The van der Waals surface area contributed by atoms with Gasteiger partial charge in [-0.15, -0.1) is 0 Å². The molecule has 45 heavy (non-hydrogen) atoms. The minimum Gasteiger partial charge on any atom is -0.481 e. The van der Waals surface area contributed by atoms with Crippen LogP contribution in [0.4, 0.5) is 11.4 Å². The first kappa shape index (κ1) is 32.3. The molecule has 0 saturated carbocycles. The Hall–Kier alpha value is -5.64. The molecule has 10 heteroatoms. The van der Waals surface area contributed by atoms with E-state index >= 15 is 0 Å². The molecule has 4 N–H and O–H groups in total. The van der Waals surface area contributed by atoms with Crippen LogP contribution in [0.1, 0.15) is 50.7 Å². The largest absolute Gasteiger partial charge is 0.481 e. The van der Waals surface area contributed by atoms with Crippen molar-refractivity contribution in [2.75, 3.05) is 10.6 Å². The van der Waals surface area contributed by atoms with Crippen molar-refractivity contribution >= 4 is 35.1 Å². The Kier molecular flexibility index (Phi) is 10.5. The highest BCUT2D eigenvalue weighted by molar-refractivity contribution is 5.93. The van der Waals surface area contributed by atoms with Crippen molar-refractivity contribution in [1.82, 2.24) is 0 Å². The third kappa shape index (κ3) is 9.69. The Balaban J connectivity index is 1.31. The number of carbonyl (C=O) groups excluding carboxylic acids is 2. The Bertz CT molecular complexity index is 1510. The summed E-state index contributed by atoms with van der Waals surface area (Å²) in [6.45, 7) is 4.26. The van der Waals surface area contributed by atoms with E-state index in [4.69, 9.17) is 19.7 Å². The van der Waals surface area contributed by atoms with Crippen LogP contribution in [0.25, 0.3) is 0 Å². The van der Waals surface area contributed by atoms with Crippen molar-refractivity contribution < 1.29 is 38.9 Å². The van der Waals surface area contributed by atoms with Gasteiger partial charge in [0.15, 0.2) is 0 Å². The summed E-state index contributed by atoms with van der Waals surface area (Å²) < 4.78 is 11.9. The van der Waals surface area contributed by atoms with Gasteiger partial charge < -0.3 is 30.3 Å². The number of amides is 2. The molecule has 2 amide bonds. The summed E-state index contributed by atoms with van der Waals surface area (Å²) in [7, 11) is 0. The second-order valence-corrected chi connectivity index (χ2v) is 10.8. The van der Waals surface area contributed by atoms with Gasteiger partial charge in [0.2, 0.25) is 11.8 Å². The Labute approximate surface area is 260 Å². The molecule has 0 aliphatic heterocycles. The van der Waals surface area contributed by atoms with Crippen molar-refractivity contribution in [3.63, 3.8) is 0 Å². The maximum Gasteiger partial charge on any atom is 0.303 e. The molecule has 0 fully saturated rings. The number of rotatable bonds is 14. The Morgan fingerprint density at radius 3 is 1.09 bits per heavy atom. The van der Waals surface area contributed by atoms with Gasteiger partial charge >= 0.3 is 11.9 Å². The molecule has 4 rings (SSSR count). The van der Waals surface area contributed by atoms with Crippen molar-refractivity contribution in [2.24, 2.45) is 0 Å². The number of ether oxygens (including phenoxy) is 2. The number of carboxylic acid groups (broad SMARTS) is 2. The predicted octanol–water partition coefficient (Wildman–Crippen LogP) is 7.20. The third-order valence-electron chi connectivity index (χ3n) is 7.03. The number of anilines is 2. The molecule has 0 spiro atoms. The van der Waals surface area contributed by atoms with Crippen LogP contribution in [-0.2, 0) is 24.6 Å². The molecule has 0 aliphatic carbocycles. The van der Waals surface area contributed by atoms with Gasteiger partial charge in [-0.2, -0.15) is 0 Å². The summed E-state index contributed by atoms with van der Waals surface area (Å²) >= 11 is 0. The van der Waals surface area contributed by atoms with Crippen LogP contribution in [0.3, 0.4) is 0 Å². The fraction of sp³-hybridized carbons (Fsp3) is 0.200. The van der Waals surface area contributed by atoms with E-state index in [0.29, 0.717) is 34.4 Å². The maximum atomic E-state index is 11.8. The Morgan fingerprint density at radius 2 is 0.800 bits per heavy atom. The van der Waals surface area contributed by atoms with Crippen molar-refractivity contribution in [3.8, 4) is 23.0 Å². The molecular weight excluding hydrogens is 576 g/mol. The SMILES string of the molecule is CC(C)(c1ccc(Oc2ccc(NC(=O)CCC(=O)O)cc2)cc1)c1ccc(Oc2ccc(NC(=O)CCC(=O)O)cc2)cc1. The summed E-state index contributed by atoms with van der Waals surface area (Å²) in [6.07, 6.45) is -0.626. The topological polar surface area (TPSA) is 151 Å². The van der Waals surface area contributed by atoms with Gasteiger partial charge in [-0.1, -0.05) is 38.1 Å². The average Bonchev–Trinajstić information content (AvgIpc) is 3.01.